The summed E-state index contributed by atoms with van der Waals surface area (Å²) in [6, 6.07) is 16.5. The molecule has 0 radical (unpaired) electrons. The van der Waals surface area contributed by atoms with Crippen LogP contribution in [-0.4, -0.2) is 29.2 Å². The van der Waals surface area contributed by atoms with Gasteiger partial charge in [0.1, 0.15) is 23.7 Å². The third kappa shape index (κ3) is 5.20. The highest BCUT2D eigenvalue weighted by atomic mass is 16.5. The predicted octanol–water partition coefficient (Wildman–Crippen LogP) is 4.54. The first-order valence-electron chi connectivity index (χ1n) is 9.04. The standard InChI is InChI=1S/C21H22N4O3/c1-3-27-18-11-9-17(10-12-18)25-20-13-19(22-14-23-20)24-16-7-5-15(6-8-16)21(26)28-4-2/h5-14H,3-4H2,1-2H3,(H2,22,23,24,25). The lowest BCUT2D eigenvalue weighted by molar-refractivity contribution is 0.0526. The Morgan fingerprint density at radius 1 is 0.857 bits per heavy atom. The van der Waals surface area contributed by atoms with Gasteiger partial charge in [-0.3, -0.25) is 0 Å². The van der Waals surface area contributed by atoms with Crippen molar-refractivity contribution in [2.45, 2.75) is 13.8 Å². The van der Waals surface area contributed by atoms with Crippen molar-refractivity contribution >= 4 is 29.0 Å². The molecule has 7 nitrogen and oxygen atoms in total. The quantitative estimate of drug-likeness (QED) is 0.557. The van der Waals surface area contributed by atoms with Crippen molar-refractivity contribution in [1.29, 1.82) is 0 Å². The number of nitrogens with zero attached hydrogens (tertiary/aromatic N) is 2. The molecule has 0 atom stereocenters. The van der Waals surface area contributed by atoms with Crippen molar-refractivity contribution in [3.8, 4) is 5.75 Å². The Labute approximate surface area is 163 Å². The highest BCUT2D eigenvalue weighted by Crippen LogP contribution is 2.21. The van der Waals surface area contributed by atoms with E-state index in [9.17, 15) is 4.79 Å². The van der Waals surface area contributed by atoms with E-state index in [0.29, 0.717) is 30.4 Å². The van der Waals surface area contributed by atoms with Crippen molar-refractivity contribution in [3.63, 3.8) is 0 Å². The first-order chi connectivity index (χ1) is 13.7. The van der Waals surface area contributed by atoms with E-state index < -0.39 is 0 Å². The molecule has 0 unspecified atom stereocenters. The molecule has 0 saturated carbocycles. The molecule has 0 fully saturated rings. The minimum atomic E-state index is -0.335. The summed E-state index contributed by atoms with van der Waals surface area (Å²) in [6.07, 6.45) is 1.48. The first-order valence-corrected chi connectivity index (χ1v) is 9.04. The van der Waals surface area contributed by atoms with Gasteiger partial charge in [0.2, 0.25) is 0 Å². The van der Waals surface area contributed by atoms with Crippen LogP contribution in [0.5, 0.6) is 5.75 Å². The van der Waals surface area contributed by atoms with Gasteiger partial charge in [0.15, 0.2) is 0 Å². The number of carbonyl (C=O) groups excluding carboxylic acids is 1. The van der Waals surface area contributed by atoms with E-state index in [2.05, 4.69) is 20.6 Å². The Bertz CT molecular complexity index is 912. The molecule has 7 heteroatoms. The summed E-state index contributed by atoms with van der Waals surface area (Å²) in [5, 5.41) is 6.42. The molecule has 0 aliphatic heterocycles. The van der Waals surface area contributed by atoms with Gasteiger partial charge in [0, 0.05) is 17.4 Å². The number of ether oxygens (including phenoxy) is 2. The van der Waals surface area contributed by atoms with Crippen LogP contribution >= 0.6 is 0 Å². The summed E-state index contributed by atoms with van der Waals surface area (Å²) in [5.41, 5.74) is 2.21. The monoisotopic (exact) mass is 378 g/mol. The molecule has 1 aromatic heterocycles. The number of nitrogens with one attached hydrogen (secondary N) is 2. The second-order valence-corrected chi connectivity index (χ2v) is 5.79. The van der Waals surface area contributed by atoms with E-state index >= 15 is 0 Å². The summed E-state index contributed by atoms with van der Waals surface area (Å²) >= 11 is 0. The highest BCUT2D eigenvalue weighted by molar-refractivity contribution is 5.89. The SMILES string of the molecule is CCOC(=O)c1ccc(Nc2cc(Nc3ccc(OCC)cc3)ncn2)cc1. The fraction of sp³-hybridized carbons (Fsp3) is 0.190. The van der Waals surface area contributed by atoms with E-state index in [-0.39, 0.29) is 5.97 Å². The maximum atomic E-state index is 11.7. The van der Waals surface area contributed by atoms with Gasteiger partial charge in [-0.25, -0.2) is 14.8 Å². The van der Waals surface area contributed by atoms with Crippen molar-refractivity contribution in [3.05, 3.63) is 66.5 Å². The molecule has 2 N–H and O–H groups in total. The van der Waals surface area contributed by atoms with Gasteiger partial charge in [0.05, 0.1) is 18.8 Å². The zero-order chi connectivity index (χ0) is 19.8. The molecule has 3 aromatic rings. The summed E-state index contributed by atoms with van der Waals surface area (Å²) in [5.74, 6) is 1.78. The van der Waals surface area contributed by atoms with Crippen molar-refractivity contribution < 1.29 is 14.3 Å². The summed E-state index contributed by atoms with van der Waals surface area (Å²) in [6.45, 7) is 4.71. The van der Waals surface area contributed by atoms with Gasteiger partial charge in [-0.2, -0.15) is 0 Å². The molecule has 144 valence electrons. The zero-order valence-corrected chi connectivity index (χ0v) is 15.8. The second kappa shape index (κ2) is 9.36. The lowest BCUT2D eigenvalue weighted by Crippen LogP contribution is -2.04. The van der Waals surface area contributed by atoms with Crippen LogP contribution in [0.15, 0.2) is 60.9 Å². The molecule has 0 saturated heterocycles. The smallest absolute Gasteiger partial charge is 0.338 e. The Morgan fingerprint density at radius 2 is 1.43 bits per heavy atom. The fourth-order valence-electron chi connectivity index (χ4n) is 2.50. The number of benzene rings is 2. The molecule has 28 heavy (non-hydrogen) atoms. The van der Waals surface area contributed by atoms with Crippen molar-refractivity contribution in [2.24, 2.45) is 0 Å². The minimum absolute atomic E-state index is 0.335. The van der Waals surface area contributed by atoms with E-state index in [0.717, 1.165) is 17.1 Å². The second-order valence-electron chi connectivity index (χ2n) is 5.79. The highest BCUT2D eigenvalue weighted by Gasteiger charge is 2.06. The van der Waals surface area contributed by atoms with Crippen LogP contribution in [0.25, 0.3) is 0 Å². The van der Waals surface area contributed by atoms with Crippen LogP contribution in [0, 0.1) is 0 Å². The van der Waals surface area contributed by atoms with E-state index in [1.165, 1.54) is 6.33 Å². The minimum Gasteiger partial charge on any atom is -0.494 e. The van der Waals surface area contributed by atoms with E-state index in [1.807, 2.05) is 31.2 Å². The molecule has 0 aliphatic rings. The van der Waals surface area contributed by atoms with Crippen molar-refractivity contribution in [1.82, 2.24) is 9.97 Å². The number of esters is 1. The first kappa shape index (κ1) is 19.2. The number of hydrogen-bond acceptors (Lipinski definition) is 7. The van der Waals surface area contributed by atoms with E-state index in [4.69, 9.17) is 9.47 Å². The Hall–Kier alpha value is -3.61. The Kier molecular flexibility index (Phi) is 6.41. The van der Waals surface area contributed by atoms with Gasteiger partial charge in [-0.1, -0.05) is 0 Å². The van der Waals surface area contributed by atoms with Gasteiger partial charge in [-0.15, -0.1) is 0 Å². The molecule has 2 aromatic carbocycles. The number of rotatable bonds is 8. The molecule has 0 aliphatic carbocycles. The van der Waals surface area contributed by atoms with Crippen LogP contribution in [0.3, 0.4) is 0 Å². The van der Waals surface area contributed by atoms with Gasteiger partial charge >= 0.3 is 5.97 Å². The summed E-state index contributed by atoms with van der Waals surface area (Å²) < 4.78 is 10.4. The number of hydrogen-bond donors (Lipinski definition) is 2. The lowest BCUT2D eigenvalue weighted by atomic mass is 10.2. The molecule has 0 bridgehead atoms. The van der Waals surface area contributed by atoms with Gasteiger partial charge in [0.25, 0.3) is 0 Å². The predicted molar refractivity (Wildman–Crippen MR) is 109 cm³/mol. The average Bonchev–Trinajstić information content (AvgIpc) is 2.71. The van der Waals surface area contributed by atoms with E-state index in [1.54, 1.807) is 37.3 Å². The Morgan fingerprint density at radius 3 is 1.96 bits per heavy atom. The van der Waals surface area contributed by atoms with Gasteiger partial charge < -0.3 is 20.1 Å². The third-order valence-electron chi connectivity index (χ3n) is 3.77. The average molecular weight is 378 g/mol. The zero-order valence-electron chi connectivity index (χ0n) is 15.8. The summed E-state index contributed by atoms with van der Waals surface area (Å²) in [4.78, 5) is 20.2. The molecule has 3 rings (SSSR count). The molecule has 0 spiro atoms. The topological polar surface area (TPSA) is 85.4 Å². The molecule has 1 heterocycles. The number of aromatic nitrogens is 2. The van der Waals surface area contributed by atoms with Crippen molar-refractivity contribution in [2.75, 3.05) is 23.8 Å². The third-order valence-corrected chi connectivity index (χ3v) is 3.77. The fourth-order valence-corrected chi connectivity index (χ4v) is 2.50. The normalized spacial score (nSPS) is 10.2. The molecular formula is C21H22N4O3. The number of carbonyl (C=O) groups is 1. The Balaban J connectivity index is 1.65. The molecular weight excluding hydrogens is 356 g/mol. The van der Waals surface area contributed by atoms with Crippen LogP contribution < -0.4 is 15.4 Å². The lowest BCUT2D eigenvalue weighted by Gasteiger charge is -2.10. The molecule has 0 amide bonds. The van der Waals surface area contributed by atoms with Crippen LogP contribution in [-0.2, 0) is 4.74 Å². The maximum absolute atomic E-state index is 11.7. The van der Waals surface area contributed by atoms with Crippen LogP contribution in [0.2, 0.25) is 0 Å². The number of anilines is 4. The van der Waals surface area contributed by atoms with Gasteiger partial charge in [-0.05, 0) is 62.4 Å². The van der Waals surface area contributed by atoms with Crippen LogP contribution in [0.1, 0.15) is 24.2 Å². The van der Waals surface area contributed by atoms with Crippen LogP contribution in [0.4, 0.5) is 23.0 Å². The largest absolute Gasteiger partial charge is 0.494 e. The summed E-state index contributed by atoms with van der Waals surface area (Å²) in [7, 11) is 0. The maximum Gasteiger partial charge on any atom is 0.338 e.